The summed E-state index contributed by atoms with van der Waals surface area (Å²) < 4.78 is 32.3. The van der Waals surface area contributed by atoms with E-state index in [1.807, 2.05) is 0 Å². The van der Waals surface area contributed by atoms with Crippen LogP contribution in [0.4, 0.5) is 0 Å². The quantitative estimate of drug-likeness (QED) is 0.694. The number of hydrogen-bond acceptors (Lipinski definition) is 5. The van der Waals surface area contributed by atoms with E-state index in [0.29, 0.717) is 17.7 Å². The highest BCUT2D eigenvalue weighted by molar-refractivity contribution is 7.99. The minimum atomic E-state index is -4.47. The van der Waals surface area contributed by atoms with Gasteiger partial charge in [0.15, 0.2) is 5.78 Å². The maximum Gasteiger partial charge on any atom is 0.164 e. The zero-order valence-electron chi connectivity index (χ0n) is 7.60. The molecule has 1 heterocycles. The molecule has 15 heavy (non-hydrogen) atoms. The predicted octanol–water partition coefficient (Wildman–Crippen LogP) is 1.27. The molecule has 6 heteroatoms. The van der Waals surface area contributed by atoms with Crippen LogP contribution in [0.15, 0.2) is 28.0 Å². The summed E-state index contributed by atoms with van der Waals surface area (Å²) in [6.07, 6.45) is 0.389. The van der Waals surface area contributed by atoms with Gasteiger partial charge in [0.05, 0.1) is 4.90 Å². The molecule has 0 saturated carbocycles. The summed E-state index contributed by atoms with van der Waals surface area (Å²) in [7, 11) is -4.47. The SMILES string of the molecule is O=C1CCSc2ccc(S(=O)(=O)[O-])cc21. The van der Waals surface area contributed by atoms with Crippen LogP contribution in [0.5, 0.6) is 0 Å². The van der Waals surface area contributed by atoms with Crippen molar-refractivity contribution in [3.05, 3.63) is 23.8 Å². The minimum Gasteiger partial charge on any atom is -0.744 e. The zero-order chi connectivity index (χ0) is 11.1. The van der Waals surface area contributed by atoms with Gasteiger partial charge in [0.25, 0.3) is 0 Å². The lowest BCUT2D eigenvalue weighted by Gasteiger charge is -2.16. The number of rotatable bonds is 1. The minimum absolute atomic E-state index is 0.103. The molecular weight excluding hydrogens is 236 g/mol. The van der Waals surface area contributed by atoms with Gasteiger partial charge in [-0.2, -0.15) is 0 Å². The first kappa shape index (κ1) is 10.7. The molecule has 0 N–H and O–H groups in total. The fraction of sp³-hybridized carbons (Fsp3) is 0.222. The van der Waals surface area contributed by atoms with Gasteiger partial charge in [0.2, 0.25) is 0 Å². The lowest BCUT2D eigenvalue weighted by Crippen LogP contribution is -2.10. The predicted molar refractivity (Wildman–Crippen MR) is 54.1 cm³/mol. The highest BCUT2D eigenvalue weighted by Gasteiger charge is 2.18. The van der Waals surface area contributed by atoms with E-state index in [-0.39, 0.29) is 10.7 Å². The number of ketones is 1. The van der Waals surface area contributed by atoms with Crippen molar-refractivity contribution in [2.75, 3.05) is 5.75 Å². The number of fused-ring (bicyclic) bond motifs is 1. The number of Topliss-reactive ketones (excluding diaryl/α,β-unsaturated/α-hetero) is 1. The van der Waals surface area contributed by atoms with Gasteiger partial charge < -0.3 is 4.55 Å². The van der Waals surface area contributed by atoms with Crippen LogP contribution < -0.4 is 0 Å². The lowest BCUT2D eigenvalue weighted by molar-refractivity contribution is 0.0984. The second-order valence-corrected chi connectivity index (χ2v) is 5.65. The van der Waals surface area contributed by atoms with E-state index in [1.54, 1.807) is 0 Å². The molecule has 80 valence electrons. The van der Waals surface area contributed by atoms with Crippen LogP contribution in [0.25, 0.3) is 0 Å². The van der Waals surface area contributed by atoms with E-state index < -0.39 is 10.1 Å². The summed E-state index contributed by atoms with van der Waals surface area (Å²) in [4.78, 5) is 11.9. The van der Waals surface area contributed by atoms with E-state index in [2.05, 4.69) is 0 Å². The average Bonchev–Trinajstić information content (AvgIpc) is 2.16. The number of hydrogen-bond donors (Lipinski definition) is 0. The molecule has 0 saturated heterocycles. The van der Waals surface area contributed by atoms with Crippen LogP contribution in [-0.2, 0) is 10.1 Å². The third kappa shape index (κ3) is 2.06. The normalized spacial score (nSPS) is 16.2. The summed E-state index contributed by atoms with van der Waals surface area (Å²) >= 11 is 1.49. The molecule has 0 fully saturated rings. The van der Waals surface area contributed by atoms with Crippen molar-refractivity contribution < 1.29 is 17.8 Å². The fourth-order valence-corrected chi connectivity index (χ4v) is 2.89. The summed E-state index contributed by atoms with van der Waals surface area (Å²) in [6.45, 7) is 0. The molecule has 0 radical (unpaired) electrons. The topological polar surface area (TPSA) is 74.3 Å². The summed E-state index contributed by atoms with van der Waals surface area (Å²) in [5.41, 5.74) is 0.350. The van der Waals surface area contributed by atoms with Gasteiger partial charge in [-0.05, 0) is 18.2 Å². The van der Waals surface area contributed by atoms with E-state index >= 15 is 0 Å². The van der Waals surface area contributed by atoms with Crippen molar-refractivity contribution in [3.8, 4) is 0 Å². The lowest BCUT2D eigenvalue weighted by atomic mass is 10.1. The third-order valence-electron chi connectivity index (χ3n) is 2.13. The molecule has 0 spiro atoms. The first-order valence-electron chi connectivity index (χ1n) is 4.24. The van der Waals surface area contributed by atoms with E-state index in [1.165, 1.54) is 30.0 Å². The molecular formula is C9H7O4S2-. The molecule has 1 aliphatic rings. The monoisotopic (exact) mass is 243 g/mol. The van der Waals surface area contributed by atoms with E-state index in [9.17, 15) is 17.8 Å². The Hall–Kier alpha value is -0.850. The van der Waals surface area contributed by atoms with Gasteiger partial charge in [0, 0.05) is 22.6 Å². The summed E-state index contributed by atoms with van der Waals surface area (Å²) in [5.74, 6) is 0.601. The van der Waals surface area contributed by atoms with Crippen LogP contribution in [0.2, 0.25) is 0 Å². The molecule has 0 unspecified atom stereocenters. The first-order chi connectivity index (χ1) is 6.98. The van der Waals surface area contributed by atoms with Crippen molar-refractivity contribution >= 4 is 27.7 Å². The highest BCUT2D eigenvalue weighted by atomic mass is 32.2. The Morgan fingerprint density at radius 1 is 1.33 bits per heavy atom. The standard InChI is InChI=1S/C9H8O4S2/c10-8-3-4-14-9-2-1-6(5-7(8)9)15(11,12)13/h1-2,5H,3-4H2,(H,11,12,13)/p-1. The maximum atomic E-state index is 11.5. The van der Waals surface area contributed by atoms with Crippen LogP contribution >= 0.6 is 11.8 Å². The fourth-order valence-electron chi connectivity index (χ4n) is 1.40. The van der Waals surface area contributed by atoms with Crippen LogP contribution in [0.3, 0.4) is 0 Å². The van der Waals surface area contributed by atoms with Crippen LogP contribution in [0.1, 0.15) is 16.8 Å². The van der Waals surface area contributed by atoms with Crippen molar-refractivity contribution in [1.82, 2.24) is 0 Å². The number of carbonyl (C=O) groups excluding carboxylic acids is 1. The average molecular weight is 243 g/mol. The van der Waals surface area contributed by atoms with Gasteiger partial charge in [-0.25, -0.2) is 8.42 Å². The molecule has 4 nitrogen and oxygen atoms in total. The van der Waals surface area contributed by atoms with Gasteiger partial charge in [0.1, 0.15) is 10.1 Å². The van der Waals surface area contributed by atoms with Gasteiger partial charge in [-0.3, -0.25) is 4.79 Å². The second kappa shape index (κ2) is 3.62. The second-order valence-electron chi connectivity index (χ2n) is 3.13. The van der Waals surface area contributed by atoms with Crippen LogP contribution in [0, 0.1) is 0 Å². The Morgan fingerprint density at radius 3 is 2.73 bits per heavy atom. The molecule has 0 atom stereocenters. The Morgan fingerprint density at radius 2 is 2.07 bits per heavy atom. The van der Waals surface area contributed by atoms with Gasteiger partial charge in [-0.1, -0.05) is 0 Å². The molecule has 1 aliphatic heterocycles. The molecule has 0 bridgehead atoms. The first-order valence-corrected chi connectivity index (χ1v) is 6.64. The third-order valence-corrected chi connectivity index (χ3v) is 4.03. The smallest absolute Gasteiger partial charge is 0.164 e. The Labute approximate surface area is 91.4 Å². The summed E-state index contributed by atoms with van der Waals surface area (Å²) in [6, 6.07) is 3.93. The van der Waals surface area contributed by atoms with Crippen LogP contribution in [-0.4, -0.2) is 24.5 Å². The maximum absolute atomic E-state index is 11.5. The largest absolute Gasteiger partial charge is 0.744 e. The van der Waals surface area contributed by atoms with Crippen molar-refractivity contribution in [3.63, 3.8) is 0 Å². The zero-order valence-corrected chi connectivity index (χ0v) is 9.23. The molecule has 1 aromatic carbocycles. The number of carbonyl (C=O) groups is 1. The molecule has 2 rings (SSSR count). The van der Waals surface area contributed by atoms with Crippen molar-refractivity contribution in [1.29, 1.82) is 0 Å². The van der Waals surface area contributed by atoms with Crippen molar-refractivity contribution in [2.24, 2.45) is 0 Å². The number of thioether (sulfide) groups is 1. The van der Waals surface area contributed by atoms with E-state index in [4.69, 9.17) is 0 Å². The highest BCUT2D eigenvalue weighted by Crippen LogP contribution is 2.31. The Balaban J connectivity index is 2.58. The Bertz CT molecular complexity index is 519. The molecule has 0 amide bonds. The van der Waals surface area contributed by atoms with Gasteiger partial charge in [-0.15, -0.1) is 11.8 Å². The van der Waals surface area contributed by atoms with E-state index in [0.717, 1.165) is 4.90 Å². The molecule has 0 aromatic heterocycles. The molecule has 1 aromatic rings. The Kier molecular flexibility index (Phi) is 2.57. The summed E-state index contributed by atoms with van der Waals surface area (Å²) in [5, 5.41) is 0. The molecule has 0 aliphatic carbocycles. The van der Waals surface area contributed by atoms with Gasteiger partial charge >= 0.3 is 0 Å². The number of benzene rings is 1. The van der Waals surface area contributed by atoms with Crippen molar-refractivity contribution in [2.45, 2.75) is 16.2 Å².